The van der Waals surface area contributed by atoms with Gasteiger partial charge < -0.3 is 0 Å². The Morgan fingerprint density at radius 1 is 1.12 bits per heavy atom. The molecule has 26 heavy (non-hydrogen) atoms. The lowest BCUT2D eigenvalue weighted by atomic mass is 10.1. The zero-order chi connectivity index (χ0) is 18.7. The Labute approximate surface area is 170 Å². The highest BCUT2D eigenvalue weighted by atomic mass is 35.5. The molecule has 132 valence electrons. The highest BCUT2D eigenvalue weighted by Crippen LogP contribution is 2.34. The highest BCUT2D eigenvalue weighted by Gasteiger charge is 2.33. The van der Waals surface area contributed by atoms with Gasteiger partial charge in [-0.1, -0.05) is 71.4 Å². The number of hydrogen-bond donors (Lipinski definition) is 1. The molecule has 2 aromatic rings. The van der Waals surface area contributed by atoms with Crippen LogP contribution in [0, 0.1) is 0 Å². The van der Waals surface area contributed by atoms with Gasteiger partial charge in [0.25, 0.3) is 5.91 Å². The number of halogens is 2. The average molecular weight is 423 g/mol. The third-order valence-electron chi connectivity index (χ3n) is 3.51. The third-order valence-corrected chi connectivity index (χ3v) is 5.47. The molecule has 1 aliphatic heterocycles. The largest absolute Gasteiger partial charge is 0.285 e. The van der Waals surface area contributed by atoms with Crippen LogP contribution in [0.15, 0.2) is 53.4 Å². The number of benzene rings is 2. The minimum atomic E-state index is -0.419. The lowest BCUT2D eigenvalue weighted by Gasteiger charge is -2.15. The van der Waals surface area contributed by atoms with Gasteiger partial charge in [-0.25, -0.2) is 0 Å². The SMILES string of the molecule is O=C(Cc1ccccc1)NN1C(=O)/C(=C/c2c(Cl)cccc2Cl)SC1=S. The summed E-state index contributed by atoms with van der Waals surface area (Å²) in [4.78, 5) is 25.1. The van der Waals surface area contributed by atoms with Crippen molar-refractivity contribution in [3.8, 4) is 0 Å². The van der Waals surface area contributed by atoms with E-state index in [1.54, 1.807) is 24.3 Å². The van der Waals surface area contributed by atoms with Crippen molar-refractivity contribution in [3.05, 3.63) is 74.6 Å². The standard InChI is InChI=1S/C18H12Cl2N2O2S2/c19-13-7-4-8-14(20)12(13)10-15-17(24)22(18(25)26-15)21-16(23)9-11-5-2-1-3-6-11/h1-8,10H,9H2,(H,21,23)/b15-10-. The first-order valence-electron chi connectivity index (χ1n) is 7.51. The van der Waals surface area contributed by atoms with Crippen LogP contribution in [-0.2, 0) is 16.0 Å². The van der Waals surface area contributed by atoms with Crippen LogP contribution in [0.4, 0.5) is 0 Å². The molecule has 0 radical (unpaired) electrons. The molecule has 0 spiro atoms. The van der Waals surface area contributed by atoms with E-state index in [9.17, 15) is 9.59 Å². The van der Waals surface area contributed by atoms with E-state index in [2.05, 4.69) is 5.43 Å². The summed E-state index contributed by atoms with van der Waals surface area (Å²) in [7, 11) is 0. The molecule has 1 aliphatic rings. The van der Waals surface area contributed by atoms with Gasteiger partial charge in [-0.05, 0) is 36.0 Å². The Morgan fingerprint density at radius 3 is 2.42 bits per heavy atom. The molecule has 3 rings (SSSR count). The summed E-state index contributed by atoms with van der Waals surface area (Å²) < 4.78 is 0.242. The second kappa shape index (κ2) is 8.22. The van der Waals surface area contributed by atoms with Crippen LogP contribution < -0.4 is 5.43 Å². The Balaban J connectivity index is 1.75. The van der Waals surface area contributed by atoms with Gasteiger partial charge in [0.1, 0.15) is 0 Å². The van der Waals surface area contributed by atoms with E-state index in [-0.39, 0.29) is 16.6 Å². The second-order valence-electron chi connectivity index (χ2n) is 5.35. The summed E-state index contributed by atoms with van der Waals surface area (Å²) in [6.45, 7) is 0. The summed E-state index contributed by atoms with van der Waals surface area (Å²) in [5.74, 6) is -0.748. The molecular formula is C18H12Cl2N2O2S2. The van der Waals surface area contributed by atoms with Crippen LogP contribution in [0.5, 0.6) is 0 Å². The van der Waals surface area contributed by atoms with Crippen molar-refractivity contribution in [2.45, 2.75) is 6.42 Å². The quantitative estimate of drug-likeness (QED) is 0.583. The number of thiocarbonyl (C=S) groups is 1. The topological polar surface area (TPSA) is 49.4 Å². The van der Waals surface area contributed by atoms with Gasteiger partial charge in [0.05, 0.1) is 11.3 Å². The molecule has 2 aromatic carbocycles. The van der Waals surface area contributed by atoms with Crippen molar-refractivity contribution in [1.29, 1.82) is 0 Å². The molecule has 1 heterocycles. The van der Waals surface area contributed by atoms with E-state index in [0.29, 0.717) is 20.5 Å². The Kier molecular flexibility index (Phi) is 5.98. The van der Waals surface area contributed by atoms with Crippen LogP contribution in [0.2, 0.25) is 10.0 Å². The van der Waals surface area contributed by atoms with Crippen molar-refractivity contribution in [3.63, 3.8) is 0 Å². The molecule has 0 bridgehead atoms. The van der Waals surface area contributed by atoms with E-state index >= 15 is 0 Å². The molecule has 8 heteroatoms. The summed E-state index contributed by atoms with van der Waals surface area (Å²) in [5, 5.41) is 1.92. The van der Waals surface area contributed by atoms with Gasteiger partial charge in [-0.2, -0.15) is 5.01 Å². The monoisotopic (exact) mass is 422 g/mol. The van der Waals surface area contributed by atoms with Crippen molar-refractivity contribution < 1.29 is 9.59 Å². The summed E-state index contributed by atoms with van der Waals surface area (Å²) in [5.41, 5.74) is 3.92. The lowest BCUT2D eigenvalue weighted by molar-refractivity contribution is -0.132. The normalized spacial score (nSPS) is 15.6. The maximum absolute atomic E-state index is 12.6. The Hall–Kier alpha value is -1.86. The molecule has 0 atom stereocenters. The molecular weight excluding hydrogens is 411 g/mol. The molecule has 1 fully saturated rings. The maximum atomic E-state index is 12.6. The third kappa shape index (κ3) is 4.27. The van der Waals surface area contributed by atoms with Gasteiger partial charge in [0.15, 0.2) is 4.32 Å². The minimum absolute atomic E-state index is 0.146. The van der Waals surface area contributed by atoms with Crippen LogP contribution >= 0.6 is 47.2 Å². The average Bonchev–Trinajstić information content (AvgIpc) is 2.86. The lowest BCUT2D eigenvalue weighted by Crippen LogP contribution is -2.45. The predicted molar refractivity (Wildman–Crippen MR) is 110 cm³/mol. The summed E-state index contributed by atoms with van der Waals surface area (Å²) in [6, 6.07) is 14.3. The van der Waals surface area contributed by atoms with Gasteiger partial charge >= 0.3 is 0 Å². The molecule has 0 saturated carbocycles. The smallest absolute Gasteiger partial charge is 0.273 e. The minimum Gasteiger partial charge on any atom is -0.273 e. The number of hydrogen-bond acceptors (Lipinski definition) is 4. The first-order chi connectivity index (χ1) is 12.5. The van der Waals surface area contributed by atoms with Crippen LogP contribution in [0.25, 0.3) is 6.08 Å². The number of hydrazine groups is 1. The summed E-state index contributed by atoms with van der Waals surface area (Å²) >= 11 is 18.6. The fourth-order valence-electron chi connectivity index (χ4n) is 2.29. The number of thioether (sulfide) groups is 1. The molecule has 1 saturated heterocycles. The molecule has 2 amide bonds. The fraction of sp³-hybridized carbons (Fsp3) is 0.0556. The van der Waals surface area contributed by atoms with Gasteiger partial charge in [0, 0.05) is 15.6 Å². The predicted octanol–water partition coefficient (Wildman–Crippen LogP) is 4.47. The molecule has 0 aliphatic carbocycles. The number of carbonyl (C=O) groups is 2. The van der Waals surface area contributed by atoms with Crippen LogP contribution in [-0.4, -0.2) is 21.1 Å². The Bertz CT molecular complexity index is 896. The van der Waals surface area contributed by atoms with E-state index < -0.39 is 5.91 Å². The van der Waals surface area contributed by atoms with Crippen molar-refractivity contribution in [1.82, 2.24) is 10.4 Å². The van der Waals surface area contributed by atoms with Gasteiger partial charge in [-0.15, -0.1) is 0 Å². The number of amides is 2. The molecule has 1 N–H and O–H groups in total. The van der Waals surface area contributed by atoms with Gasteiger partial charge in [0.2, 0.25) is 5.91 Å². The van der Waals surface area contributed by atoms with E-state index in [1.807, 2.05) is 30.3 Å². The van der Waals surface area contributed by atoms with Crippen molar-refractivity contribution >= 4 is 69.4 Å². The number of nitrogens with zero attached hydrogens (tertiary/aromatic N) is 1. The first kappa shape index (κ1) is 18.9. The van der Waals surface area contributed by atoms with E-state index in [4.69, 9.17) is 35.4 Å². The Morgan fingerprint density at radius 2 is 1.77 bits per heavy atom. The zero-order valence-corrected chi connectivity index (χ0v) is 16.4. The number of nitrogens with one attached hydrogen (secondary N) is 1. The van der Waals surface area contributed by atoms with Crippen LogP contribution in [0.1, 0.15) is 11.1 Å². The number of carbonyl (C=O) groups excluding carboxylic acids is 2. The molecule has 0 aromatic heterocycles. The highest BCUT2D eigenvalue weighted by molar-refractivity contribution is 8.26. The summed E-state index contributed by atoms with van der Waals surface area (Å²) in [6.07, 6.45) is 1.72. The first-order valence-corrected chi connectivity index (χ1v) is 9.49. The number of rotatable bonds is 4. The van der Waals surface area contributed by atoms with Crippen LogP contribution in [0.3, 0.4) is 0 Å². The molecule has 0 unspecified atom stereocenters. The zero-order valence-electron chi connectivity index (χ0n) is 13.2. The maximum Gasteiger partial charge on any atom is 0.285 e. The van der Waals surface area contributed by atoms with Crippen molar-refractivity contribution in [2.75, 3.05) is 0 Å². The fourth-order valence-corrected chi connectivity index (χ4v) is 3.96. The van der Waals surface area contributed by atoms with E-state index in [0.717, 1.165) is 22.3 Å². The molecule has 4 nitrogen and oxygen atoms in total. The van der Waals surface area contributed by atoms with Crippen molar-refractivity contribution in [2.24, 2.45) is 0 Å². The van der Waals surface area contributed by atoms with E-state index in [1.165, 1.54) is 0 Å². The van der Waals surface area contributed by atoms with Gasteiger partial charge in [-0.3, -0.25) is 15.0 Å². The second-order valence-corrected chi connectivity index (χ2v) is 7.84.